The zero-order chi connectivity index (χ0) is 15.4. The molecular formula is C16H25NO4. The fourth-order valence-electron chi connectivity index (χ4n) is 3.01. The average molecular weight is 295 g/mol. The van der Waals surface area contributed by atoms with Crippen molar-refractivity contribution in [3.63, 3.8) is 0 Å². The van der Waals surface area contributed by atoms with E-state index in [-0.39, 0.29) is 12.0 Å². The van der Waals surface area contributed by atoms with E-state index in [0.717, 1.165) is 31.5 Å². The van der Waals surface area contributed by atoms with E-state index in [1.807, 2.05) is 12.1 Å². The van der Waals surface area contributed by atoms with Gasteiger partial charge in [0.25, 0.3) is 0 Å². The zero-order valence-electron chi connectivity index (χ0n) is 13.3. The molecule has 0 saturated carbocycles. The number of hydrogen-bond acceptors (Lipinski definition) is 5. The van der Waals surface area contributed by atoms with Crippen LogP contribution in [0.4, 0.5) is 0 Å². The fraction of sp³-hybridized carbons (Fsp3) is 0.625. The lowest BCUT2D eigenvalue weighted by Gasteiger charge is -2.34. The van der Waals surface area contributed by atoms with Crippen molar-refractivity contribution < 1.29 is 19.3 Å². The number of aliphatic hydroxyl groups is 1. The van der Waals surface area contributed by atoms with Crippen LogP contribution in [0.15, 0.2) is 12.1 Å². The maximum atomic E-state index is 10.2. The number of rotatable bonds is 5. The summed E-state index contributed by atoms with van der Waals surface area (Å²) < 4.78 is 16.2. The molecule has 0 radical (unpaired) electrons. The predicted molar refractivity (Wildman–Crippen MR) is 81.4 cm³/mol. The van der Waals surface area contributed by atoms with Crippen molar-refractivity contribution >= 4 is 0 Å². The van der Waals surface area contributed by atoms with Gasteiger partial charge in [-0.05, 0) is 31.5 Å². The molecule has 2 atom stereocenters. The summed E-state index contributed by atoms with van der Waals surface area (Å²) in [5, 5.41) is 10.2. The normalized spacial score (nSPS) is 22.9. The number of piperidine rings is 1. The second-order valence-corrected chi connectivity index (χ2v) is 5.58. The highest BCUT2D eigenvalue weighted by atomic mass is 16.5. The quantitative estimate of drug-likeness (QED) is 0.893. The third-order valence-electron chi connectivity index (χ3n) is 4.16. The first-order valence-electron chi connectivity index (χ1n) is 7.25. The lowest BCUT2D eigenvalue weighted by Crippen LogP contribution is -2.42. The zero-order valence-corrected chi connectivity index (χ0v) is 13.3. The molecule has 21 heavy (non-hydrogen) atoms. The van der Waals surface area contributed by atoms with Gasteiger partial charge < -0.3 is 24.2 Å². The lowest BCUT2D eigenvalue weighted by molar-refractivity contribution is 0.0363. The van der Waals surface area contributed by atoms with E-state index in [0.29, 0.717) is 17.2 Å². The highest BCUT2D eigenvalue weighted by Gasteiger charge is 2.28. The van der Waals surface area contributed by atoms with Gasteiger partial charge in [0.2, 0.25) is 5.75 Å². The molecule has 0 bridgehead atoms. The summed E-state index contributed by atoms with van der Waals surface area (Å²) in [4.78, 5) is 2.25. The lowest BCUT2D eigenvalue weighted by atomic mass is 9.88. The molecule has 1 saturated heterocycles. The van der Waals surface area contributed by atoms with Gasteiger partial charge in [0.05, 0.1) is 27.4 Å². The first kappa shape index (κ1) is 15.9. The van der Waals surface area contributed by atoms with Gasteiger partial charge in [-0.3, -0.25) is 0 Å². The number of ether oxygens (including phenoxy) is 3. The van der Waals surface area contributed by atoms with Gasteiger partial charge in [0.15, 0.2) is 11.5 Å². The maximum absolute atomic E-state index is 10.2. The summed E-state index contributed by atoms with van der Waals surface area (Å²) in [5.41, 5.74) is 1.04. The van der Waals surface area contributed by atoms with Crippen LogP contribution in [0.2, 0.25) is 0 Å². The Balaban J connectivity index is 2.27. The Kier molecular flexibility index (Phi) is 5.31. The van der Waals surface area contributed by atoms with E-state index >= 15 is 0 Å². The summed E-state index contributed by atoms with van der Waals surface area (Å²) in [6, 6.07) is 3.87. The Morgan fingerprint density at radius 1 is 1.14 bits per heavy atom. The highest BCUT2D eigenvalue weighted by Crippen LogP contribution is 2.41. The molecule has 1 aliphatic heterocycles. The van der Waals surface area contributed by atoms with Crippen molar-refractivity contribution in [2.45, 2.75) is 18.9 Å². The summed E-state index contributed by atoms with van der Waals surface area (Å²) in [6.07, 6.45) is 1.31. The monoisotopic (exact) mass is 295 g/mol. The number of likely N-dealkylation sites (tertiary alicyclic amines) is 1. The predicted octanol–water partition coefficient (Wildman–Crippen LogP) is 1.57. The van der Waals surface area contributed by atoms with Crippen molar-refractivity contribution in [1.82, 2.24) is 4.90 Å². The van der Waals surface area contributed by atoms with Crippen LogP contribution in [0, 0.1) is 5.92 Å². The summed E-state index contributed by atoms with van der Waals surface area (Å²) in [5.74, 6) is 2.16. The third-order valence-corrected chi connectivity index (χ3v) is 4.16. The smallest absolute Gasteiger partial charge is 0.203 e. The molecule has 0 amide bonds. The fourth-order valence-corrected chi connectivity index (χ4v) is 3.01. The van der Waals surface area contributed by atoms with Crippen LogP contribution in [-0.4, -0.2) is 57.6 Å². The molecule has 0 aliphatic carbocycles. The molecule has 1 aromatic carbocycles. The van der Waals surface area contributed by atoms with Crippen LogP contribution in [0.25, 0.3) is 0 Å². The SMILES string of the molecule is COc1ccc(C[C@H]2CN(C)CC[C@@H]2O)c(OC)c1OC. The van der Waals surface area contributed by atoms with E-state index in [4.69, 9.17) is 14.2 Å². The molecule has 1 heterocycles. The van der Waals surface area contributed by atoms with Crippen LogP contribution >= 0.6 is 0 Å². The Labute approximate surface area is 126 Å². The van der Waals surface area contributed by atoms with Crippen LogP contribution in [0.5, 0.6) is 17.2 Å². The number of hydrogen-bond donors (Lipinski definition) is 1. The van der Waals surface area contributed by atoms with Gasteiger partial charge in [-0.15, -0.1) is 0 Å². The molecule has 0 aromatic heterocycles. The van der Waals surface area contributed by atoms with Crippen molar-refractivity contribution in [1.29, 1.82) is 0 Å². The van der Waals surface area contributed by atoms with Gasteiger partial charge in [-0.1, -0.05) is 6.07 Å². The van der Waals surface area contributed by atoms with Gasteiger partial charge in [-0.25, -0.2) is 0 Å². The molecule has 2 rings (SSSR count). The van der Waals surface area contributed by atoms with Crippen molar-refractivity contribution in [2.24, 2.45) is 5.92 Å². The Morgan fingerprint density at radius 2 is 1.86 bits per heavy atom. The molecule has 1 fully saturated rings. The molecule has 1 N–H and O–H groups in total. The highest BCUT2D eigenvalue weighted by molar-refractivity contribution is 5.55. The molecule has 0 unspecified atom stereocenters. The molecule has 118 valence electrons. The number of methoxy groups -OCH3 is 3. The van der Waals surface area contributed by atoms with Gasteiger partial charge in [-0.2, -0.15) is 0 Å². The Hall–Kier alpha value is -1.46. The molecule has 1 aromatic rings. The largest absolute Gasteiger partial charge is 0.493 e. The average Bonchev–Trinajstić information content (AvgIpc) is 2.50. The second kappa shape index (κ2) is 7.00. The second-order valence-electron chi connectivity index (χ2n) is 5.58. The van der Waals surface area contributed by atoms with Crippen LogP contribution in [-0.2, 0) is 6.42 Å². The third kappa shape index (κ3) is 3.41. The summed E-state index contributed by atoms with van der Waals surface area (Å²) in [6.45, 7) is 1.83. The molecule has 5 nitrogen and oxygen atoms in total. The van der Waals surface area contributed by atoms with Crippen LogP contribution in [0.1, 0.15) is 12.0 Å². The molecule has 5 heteroatoms. The van der Waals surface area contributed by atoms with Gasteiger partial charge in [0.1, 0.15) is 0 Å². The minimum absolute atomic E-state index is 0.204. The summed E-state index contributed by atoms with van der Waals surface area (Å²) >= 11 is 0. The minimum atomic E-state index is -0.265. The van der Waals surface area contributed by atoms with E-state index < -0.39 is 0 Å². The first-order valence-corrected chi connectivity index (χ1v) is 7.25. The number of benzene rings is 1. The van der Waals surface area contributed by atoms with Crippen molar-refractivity contribution in [3.05, 3.63) is 17.7 Å². The number of nitrogens with zero attached hydrogens (tertiary/aromatic N) is 1. The van der Waals surface area contributed by atoms with E-state index in [1.165, 1.54) is 0 Å². The van der Waals surface area contributed by atoms with Gasteiger partial charge in [0, 0.05) is 19.0 Å². The Morgan fingerprint density at radius 3 is 2.48 bits per heavy atom. The number of aliphatic hydroxyl groups excluding tert-OH is 1. The standard InChI is InChI=1S/C16H25NO4/c1-17-8-7-13(18)12(10-17)9-11-5-6-14(19-2)16(21-4)15(11)20-3/h5-6,12-13,18H,7-10H2,1-4H3/t12-,13-/m0/s1. The van der Waals surface area contributed by atoms with E-state index in [1.54, 1.807) is 21.3 Å². The first-order chi connectivity index (χ1) is 10.1. The molecular weight excluding hydrogens is 270 g/mol. The topological polar surface area (TPSA) is 51.2 Å². The minimum Gasteiger partial charge on any atom is -0.493 e. The van der Waals surface area contributed by atoms with Crippen LogP contribution < -0.4 is 14.2 Å². The van der Waals surface area contributed by atoms with E-state index in [2.05, 4.69) is 11.9 Å². The molecule has 0 spiro atoms. The summed E-state index contributed by atoms with van der Waals surface area (Å²) in [7, 11) is 6.93. The van der Waals surface area contributed by atoms with Crippen molar-refractivity contribution in [3.8, 4) is 17.2 Å². The van der Waals surface area contributed by atoms with Crippen molar-refractivity contribution in [2.75, 3.05) is 41.5 Å². The molecule has 1 aliphatic rings. The van der Waals surface area contributed by atoms with Gasteiger partial charge >= 0.3 is 0 Å². The Bertz CT molecular complexity index is 478. The van der Waals surface area contributed by atoms with Crippen LogP contribution in [0.3, 0.4) is 0 Å². The van der Waals surface area contributed by atoms with E-state index in [9.17, 15) is 5.11 Å². The maximum Gasteiger partial charge on any atom is 0.203 e.